The molecule has 0 saturated carbocycles. The lowest BCUT2D eigenvalue weighted by Crippen LogP contribution is -2.47. The monoisotopic (exact) mass is 379 g/mol. The van der Waals surface area contributed by atoms with Crippen molar-refractivity contribution in [2.45, 2.75) is 19.9 Å². The van der Waals surface area contributed by atoms with Crippen molar-refractivity contribution in [2.24, 2.45) is 5.92 Å². The number of aromatic nitrogens is 4. The first kappa shape index (κ1) is 19.6. The number of methoxy groups -OCH3 is 1. The Morgan fingerprint density at radius 3 is 2.48 bits per heavy atom. The Morgan fingerprint density at radius 2 is 1.93 bits per heavy atom. The van der Waals surface area contributed by atoms with Gasteiger partial charge in [0, 0.05) is 6.07 Å². The molecule has 0 aliphatic rings. The van der Waals surface area contributed by atoms with Gasteiger partial charge in [-0.25, -0.2) is 4.79 Å². The van der Waals surface area contributed by atoms with Gasteiger partial charge in [-0.3, -0.25) is 14.7 Å². The maximum atomic E-state index is 12.5. The lowest BCUT2D eigenvalue weighted by atomic mass is 10.0. The van der Waals surface area contributed by atoms with Crippen LogP contribution in [0.4, 0.5) is 11.6 Å². The molecule has 27 heavy (non-hydrogen) atoms. The van der Waals surface area contributed by atoms with E-state index in [9.17, 15) is 24.5 Å². The lowest BCUT2D eigenvalue weighted by Gasteiger charge is -2.20. The number of hydrogen-bond acceptors (Lipinski definition) is 8. The molecule has 0 bridgehead atoms. The summed E-state index contributed by atoms with van der Waals surface area (Å²) in [6.45, 7) is 3.39. The summed E-state index contributed by atoms with van der Waals surface area (Å²) in [7, 11) is 1.20. The third kappa shape index (κ3) is 4.65. The van der Waals surface area contributed by atoms with Gasteiger partial charge in [0.05, 0.1) is 13.2 Å². The first-order valence-corrected chi connectivity index (χ1v) is 7.68. The number of anilines is 1. The number of ether oxygens (including phenoxy) is 1. The number of H-pyrrole nitrogens is 2. The van der Waals surface area contributed by atoms with E-state index in [2.05, 4.69) is 35.8 Å². The smallest absolute Gasteiger partial charge is 0.356 e. The number of rotatable bonds is 7. The van der Waals surface area contributed by atoms with Gasteiger partial charge in [-0.05, 0) is 10.8 Å². The molecule has 2 rings (SSSR count). The number of nitrogens with zero attached hydrogens (tertiary/aromatic N) is 3. The highest BCUT2D eigenvalue weighted by Gasteiger charge is 2.27. The molecule has 2 heterocycles. The third-order valence-corrected chi connectivity index (χ3v) is 3.46. The third-order valence-electron chi connectivity index (χ3n) is 3.46. The molecular weight excluding hydrogens is 362 g/mol. The number of hydrogen-bond donors (Lipinski definition) is 4. The minimum Gasteiger partial charge on any atom is -0.464 e. The number of aromatic amines is 2. The molecule has 0 radical (unpaired) electrons. The standard InChI is InChI=1S/C14H17N7O6/c1-6(2)11(16-12(22)7-5-10(20-17-7)21(25)26)13(23)15-9-4-8(18-19-9)14(24)27-3/h4-6,11H,1-3H3,(H,16,22)(H,17,20)(H2,15,18,19,23). The molecule has 0 aliphatic heterocycles. The van der Waals surface area contributed by atoms with E-state index < -0.39 is 34.6 Å². The first-order chi connectivity index (χ1) is 12.7. The summed E-state index contributed by atoms with van der Waals surface area (Å²) in [6.07, 6.45) is 0. The zero-order valence-electron chi connectivity index (χ0n) is 14.6. The molecule has 0 fully saturated rings. The van der Waals surface area contributed by atoms with Gasteiger partial charge >= 0.3 is 11.8 Å². The van der Waals surface area contributed by atoms with Crippen LogP contribution in [0.3, 0.4) is 0 Å². The van der Waals surface area contributed by atoms with E-state index in [4.69, 9.17) is 0 Å². The summed E-state index contributed by atoms with van der Waals surface area (Å²) < 4.78 is 4.52. The van der Waals surface area contributed by atoms with Crippen LogP contribution in [0.2, 0.25) is 0 Å². The fourth-order valence-corrected chi connectivity index (χ4v) is 2.08. The average molecular weight is 379 g/mol. The molecule has 0 aliphatic carbocycles. The van der Waals surface area contributed by atoms with Crippen LogP contribution in [0.5, 0.6) is 0 Å². The second-order valence-corrected chi connectivity index (χ2v) is 5.74. The Labute approximate surface area is 152 Å². The SMILES string of the molecule is COC(=O)c1cc(NC(=O)C(NC(=O)c2cc([N+](=O)[O-])[nH]n2)C(C)C)n[nH]1. The molecular formula is C14H17N7O6. The highest BCUT2D eigenvalue weighted by Crippen LogP contribution is 2.12. The molecule has 2 aromatic rings. The first-order valence-electron chi connectivity index (χ1n) is 7.68. The molecule has 144 valence electrons. The molecule has 0 saturated heterocycles. The quantitative estimate of drug-likeness (QED) is 0.299. The molecule has 1 unspecified atom stereocenters. The number of nitro groups is 1. The van der Waals surface area contributed by atoms with Crippen LogP contribution in [0, 0.1) is 16.0 Å². The van der Waals surface area contributed by atoms with Gasteiger partial charge < -0.3 is 25.5 Å². The summed E-state index contributed by atoms with van der Waals surface area (Å²) in [5.74, 6) is -2.70. The van der Waals surface area contributed by atoms with Gasteiger partial charge in [0.2, 0.25) is 5.91 Å². The van der Waals surface area contributed by atoms with Crippen LogP contribution in [0.25, 0.3) is 0 Å². The maximum absolute atomic E-state index is 12.5. The predicted molar refractivity (Wildman–Crippen MR) is 89.9 cm³/mol. The van der Waals surface area contributed by atoms with Gasteiger partial charge in [-0.1, -0.05) is 18.9 Å². The maximum Gasteiger partial charge on any atom is 0.356 e. The molecule has 0 spiro atoms. The molecule has 13 nitrogen and oxygen atoms in total. The van der Waals surface area contributed by atoms with Crippen molar-refractivity contribution >= 4 is 29.4 Å². The van der Waals surface area contributed by atoms with E-state index in [1.54, 1.807) is 13.8 Å². The van der Waals surface area contributed by atoms with E-state index in [-0.39, 0.29) is 23.1 Å². The van der Waals surface area contributed by atoms with Gasteiger partial charge in [-0.2, -0.15) is 5.10 Å². The second-order valence-electron chi connectivity index (χ2n) is 5.74. The van der Waals surface area contributed by atoms with Crippen molar-refractivity contribution in [1.82, 2.24) is 25.7 Å². The van der Waals surface area contributed by atoms with Crippen LogP contribution >= 0.6 is 0 Å². The van der Waals surface area contributed by atoms with Crippen molar-refractivity contribution in [2.75, 3.05) is 12.4 Å². The highest BCUT2D eigenvalue weighted by atomic mass is 16.6. The average Bonchev–Trinajstić information content (AvgIpc) is 3.27. The fraction of sp³-hybridized carbons (Fsp3) is 0.357. The van der Waals surface area contributed by atoms with Crippen LogP contribution in [-0.4, -0.2) is 56.3 Å². The van der Waals surface area contributed by atoms with Gasteiger partial charge in [-0.15, -0.1) is 5.10 Å². The molecule has 2 amide bonds. The zero-order chi connectivity index (χ0) is 20.1. The summed E-state index contributed by atoms with van der Waals surface area (Å²) in [5, 5.41) is 27.4. The topological polar surface area (TPSA) is 185 Å². The van der Waals surface area contributed by atoms with Crippen molar-refractivity contribution in [1.29, 1.82) is 0 Å². The Morgan fingerprint density at radius 1 is 1.22 bits per heavy atom. The highest BCUT2D eigenvalue weighted by molar-refractivity contribution is 6.00. The van der Waals surface area contributed by atoms with Crippen molar-refractivity contribution in [3.05, 3.63) is 33.6 Å². The van der Waals surface area contributed by atoms with Crippen LogP contribution in [-0.2, 0) is 9.53 Å². The summed E-state index contributed by atoms with van der Waals surface area (Å²) in [5.41, 5.74) is -0.185. The van der Waals surface area contributed by atoms with E-state index in [0.717, 1.165) is 6.07 Å². The Kier molecular flexibility index (Phi) is 5.85. The van der Waals surface area contributed by atoms with Crippen molar-refractivity contribution in [3.8, 4) is 0 Å². The van der Waals surface area contributed by atoms with Crippen LogP contribution in [0.1, 0.15) is 34.8 Å². The normalized spacial score (nSPS) is 11.7. The largest absolute Gasteiger partial charge is 0.464 e. The Balaban J connectivity index is 2.08. The van der Waals surface area contributed by atoms with Crippen LogP contribution in [0.15, 0.2) is 12.1 Å². The fourth-order valence-electron chi connectivity index (χ4n) is 2.08. The zero-order valence-corrected chi connectivity index (χ0v) is 14.6. The second kappa shape index (κ2) is 8.07. The molecule has 0 aromatic carbocycles. The number of carbonyl (C=O) groups is 3. The van der Waals surface area contributed by atoms with Crippen LogP contribution < -0.4 is 10.6 Å². The summed E-state index contributed by atoms with van der Waals surface area (Å²) in [6, 6.07) is 1.26. The number of amides is 2. The Bertz CT molecular complexity index is 871. The summed E-state index contributed by atoms with van der Waals surface area (Å²) in [4.78, 5) is 46.0. The number of esters is 1. The summed E-state index contributed by atoms with van der Waals surface area (Å²) >= 11 is 0. The van der Waals surface area contributed by atoms with E-state index in [1.807, 2.05) is 0 Å². The molecule has 4 N–H and O–H groups in total. The number of nitrogens with one attached hydrogen (secondary N) is 4. The molecule has 2 aromatic heterocycles. The Hall–Kier alpha value is -3.77. The van der Waals surface area contributed by atoms with E-state index >= 15 is 0 Å². The van der Waals surface area contributed by atoms with E-state index in [1.165, 1.54) is 13.2 Å². The van der Waals surface area contributed by atoms with E-state index in [0.29, 0.717) is 0 Å². The van der Waals surface area contributed by atoms with Crippen molar-refractivity contribution < 1.29 is 24.0 Å². The van der Waals surface area contributed by atoms with Gasteiger partial charge in [0.15, 0.2) is 11.5 Å². The molecule has 1 atom stereocenters. The minimum atomic E-state index is -0.980. The minimum absolute atomic E-state index is 0.0433. The predicted octanol–water partition coefficient (Wildman–Crippen LogP) is 0.221. The lowest BCUT2D eigenvalue weighted by molar-refractivity contribution is -0.389. The number of carbonyl (C=O) groups excluding carboxylic acids is 3. The molecule has 13 heteroatoms. The van der Waals surface area contributed by atoms with Gasteiger partial charge in [0.1, 0.15) is 11.7 Å². The van der Waals surface area contributed by atoms with Crippen molar-refractivity contribution in [3.63, 3.8) is 0 Å². The van der Waals surface area contributed by atoms with Gasteiger partial charge in [0.25, 0.3) is 5.91 Å².